The minimum atomic E-state index is -0.879. The van der Waals surface area contributed by atoms with Crippen LogP contribution in [0.15, 0.2) is 42.5 Å². The smallest absolute Gasteiger partial charge is 0.311 e. The molecule has 1 N–H and O–H groups in total. The van der Waals surface area contributed by atoms with Crippen LogP contribution in [0.25, 0.3) is 0 Å². The Hall–Kier alpha value is -2.73. The van der Waals surface area contributed by atoms with Gasteiger partial charge < -0.3 is 24.2 Å². The lowest BCUT2D eigenvalue weighted by atomic mass is 9.91. The van der Waals surface area contributed by atoms with Crippen molar-refractivity contribution in [1.29, 1.82) is 0 Å². The van der Waals surface area contributed by atoms with Gasteiger partial charge >= 0.3 is 5.97 Å². The highest BCUT2D eigenvalue weighted by Gasteiger charge is 2.22. The molecular weight excluding hydrogens is 346 g/mol. The molecule has 0 bridgehead atoms. The average molecular weight is 373 g/mol. The molecule has 0 fully saturated rings. The molecule has 0 aromatic heterocycles. The van der Waals surface area contributed by atoms with E-state index in [-0.39, 0.29) is 0 Å². The van der Waals surface area contributed by atoms with Gasteiger partial charge in [0.15, 0.2) is 0 Å². The van der Waals surface area contributed by atoms with E-state index in [0.29, 0.717) is 30.3 Å². The second-order valence-electron chi connectivity index (χ2n) is 6.49. The summed E-state index contributed by atoms with van der Waals surface area (Å²) in [6.45, 7) is 1.27. The summed E-state index contributed by atoms with van der Waals surface area (Å²) in [5.41, 5.74) is 1.55. The molecule has 0 aliphatic heterocycles. The molecule has 6 nitrogen and oxygen atoms in total. The molecule has 2 aromatic rings. The number of hydrogen-bond donors (Lipinski definition) is 1. The van der Waals surface area contributed by atoms with E-state index in [1.54, 1.807) is 44.6 Å². The highest BCUT2D eigenvalue weighted by Crippen LogP contribution is 2.31. The molecule has 0 amide bonds. The SMILES string of the molecule is COc1ccc(C(Cc2ccc(OC)cc2OCCN(C)C)C(=O)O)cc1. The van der Waals surface area contributed by atoms with E-state index in [4.69, 9.17) is 14.2 Å². The van der Waals surface area contributed by atoms with Crippen LogP contribution in [0.4, 0.5) is 0 Å². The first-order valence-electron chi connectivity index (χ1n) is 8.75. The van der Waals surface area contributed by atoms with Crippen LogP contribution in [-0.4, -0.2) is 57.4 Å². The Morgan fingerprint density at radius 1 is 1.04 bits per heavy atom. The summed E-state index contributed by atoms with van der Waals surface area (Å²) >= 11 is 0. The fourth-order valence-electron chi connectivity index (χ4n) is 2.71. The van der Waals surface area contributed by atoms with E-state index in [2.05, 4.69) is 0 Å². The van der Waals surface area contributed by atoms with Crippen LogP contribution in [0.3, 0.4) is 0 Å². The number of carboxylic acids is 1. The lowest BCUT2D eigenvalue weighted by molar-refractivity contribution is -0.138. The Morgan fingerprint density at radius 2 is 1.67 bits per heavy atom. The molecule has 146 valence electrons. The van der Waals surface area contributed by atoms with E-state index < -0.39 is 11.9 Å². The lowest BCUT2D eigenvalue weighted by Gasteiger charge is -2.18. The Labute approximate surface area is 160 Å². The first kappa shape index (κ1) is 20.6. The van der Waals surface area contributed by atoms with E-state index in [1.165, 1.54) is 0 Å². The third-order valence-corrected chi connectivity index (χ3v) is 4.31. The maximum Gasteiger partial charge on any atom is 0.311 e. The summed E-state index contributed by atoms with van der Waals surface area (Å²) in [7, 11) is 7.12. The molecule has 2 rings (SSSR count). The molecule has 6 heteroatoms. The Kier molecular flexibility index (Phi) is 7.49. The van der Waals surface area contributed by atoms with Crippen LogP contribution in [0.5, 0.6) is 17.2 Å². The summed E-state index contributed by atoms with van der Waals surface area (Å²) in [6.07, 6.45) is 0.322. The first-order valence-corrected chi connectivity index (χ1v) is 8.75. The Morgan fingerprint density at radius 3 is 2.22 bits per heavy atom. The lowest BCUT2D eigenvalue weighted by Crippen LogP contribution is -2.20. The molecule has 0 spiro atoms. The van der Waals surface area contributed by atoms with Crippen molar-refractivity contribution in [3.05, 3.63) is 53.6 Å². The summed E-state index contributed by atoms with van der Waals surface area (Å²) < 4.78 is 16.3. The summed E-state index contributed by atoms with van der Waals surface area (Å²) in [5.74, 6) is 0.460. The highest BCUT2D eigenvalue weighted by molar-refractivity contribution is 5.76. The first-order chi connectivity index (χ1) is 12.9. The van der Waals surface area contributed by atoms with E-state index in [9.17, 15) is 9.90 Å². The molecule has 0 radical (unpaired) electrons. The predicted molar refractivity (Wildman–Crippen MR) is 104 cm³/mol. The van der Waals surface area contributed by atoms with Crippen molar-refractivity contribution >= 4 is 5.97 Å². The zero-order valence-corrected chi connectivity index (χ0v) is 16.3. The minimum Gasteiger partial charge on any atom is -0.497 e. The van der Waals surface area contributed by atoms with Gasteiger partial charge in [0.25, 0.3) is 0 Å². The molecule has 2 aromatic carbocycles. The number of nitrogens with zero attached hydrogens (tertiary/aromatic N) is 1. The molecule has 0 aliphatic rings. The average Bonchev–Trinajstić information content (AvgIpc) is 2.66. The fourth-order valence-corrected chi connectivity index (χ4v) is 2.71. The maximum absolute atomic E-state index is 11.9. The molecule has 0 saturated heterocycles. The third kappa shape index (κ3) is 5.89. The van der Waals surface area contributed by atoms with Crippen molar-refractivity contribution in [2.24, 2.45) is 0 Å². The largest absolute Gasteiger partial charge is 0.497 e. The standard InChI is InChI=1S/C21H27NO5/c1-22(2)11-12-27-20-14-18(26-4)10-7-16(20)13-19(21(23)24)15-5-8-17(25-3)9-6-15/h5-10,14,19H,11-13H2,1-4H3,(H,23,24). The third-order valence-electron chi connectivity index (χ3n) is 4.31. The van der Waals surface area contributed by atoms with Crippen LogP contribution in [0.2, 0.25) is 0 Å². The van der Waals surface area contributed by atoms with Gasteiger partial charge in [0.1, 0.15) is 23.9 Å². The second kappa shape index (κ2) is 9.83. The number of likely N-dealkylation sites (N-methyl/N-ethyl adjacent to an activating group) is 1. The zero-order chi connectivity index (χ0) is 19.8. The molecule has 27 heavy (non-hydrogen) atoms. The number of benzene rings is 2. The summed E-state index contributed by atoms with van der Waals surface area (Å²) in [6, 6.07) is 12.6. The number of carbonyl (C=O) groups is 1. The minimum absolute atomic E-state index is 0.322. The van der Waals surface area contributed by atoms with Crippen molar-refractivity contribution in [3.8, 4) is 17.2 Å². The number of methoxy groups -OCH3 is 2. The molecule has 0 aliphatic carbocycles. The van der Waals surface area contributed by atoms with Crippen LogP contribution < -0.4 is 14.2 Å². The quantitative estimate of drug-likeness (QED) is 0.690. The van der Waals surface area contributed by atoms with Crippen LogP contribution in [0.1, 0.15) is 17.0 Å². The zero-order valence-electron chi connectivity index (χ0n) is 16.3. The van der Waals surface area contributed by atoms with Gasteiger partial charge in [-0.1, -0.05) is 18.2 Å². The summed E-state index contributed by atoms with van der Waals surface area (Å²) in [4.78, 5) is 13.9. The van der Waals surface area contributed by atoms with E-state index in [0.717, 1.165) is 17.7 Å². The number of carboxylic acid groups (broad SMARTS) is 1. The van der Waals surface area contributed by atoms with Gasteiger partial charge in [0.05, 0.1) is 20.1 Å². The fraction of sp³-hybridized carbons (Fsp3) is 0.381. The number of aliphatic carboxylic acids is 1. The van der Waals surface area contributed by atoms with Crippen LogP contribution in [-0.2, 0) is 11.2 Å². The van der Waals surface area contributed by atoms with Gasteiger partial charge in [-0.15, -0.1) is 0 Å². The highest BCUT2D eigenvalue weighted by atomic mass is 16.5. The van der Waals surface area contributed by atoms with Gasteiger partial charge in [-0.05, 0) is 49.8 Å². The second-order valence-corrected chi connectivity index (χ2v) is 6.49. The van der Waals surface area contributed by atoms with Crippen LogP contribution >= 0.6 is 0 Å². The summed E-state index contributed by atoms with van der Waals surface area (Å²) in [5, 5.41) is 9.75. The molecule has 1 unspecified atom stereocenters. The van der Waals surface area contributed by atoms with Crippen molar-refractivity contribution in [3.63, 3.8) is 0 Å². The van der Waals surface area contributed by atoms with Crippen molar-refractivity contribution < 1.29 is 24.1 Å². The van der Waals surface area contributed by atoms with Gasteiger partial charge in [-0.25, -0.2) is 0 Å². The molecular formula is C21H27NO5. The topological polar surface area (TPSA) is 68.2 Å². The maximum atomic E-state index is 11.9. The Balaban J connectivity index is 2.26. The van der Waals surface area contributed by atoms with E-state index in [1.807, 2.05) is 31.1 Å². The molecule has 0 saturated carbocycles. The van der Waals surface area contributed by atoms with Crippen LogP contribution in [0, 0.1) is 0 Å². The monoisotopic (exact) mass is 373 g/mol. The van der Waals surface area contributed by atoms with Gasteiger partial charge in [-0.3, -0.25) is 4.79 Å². The molecule has 0 heterocycles. The van der Waals surface area contributed by atoms with Gasteiger partial charge in [0, 0.05) is 12.6 Å². The normalized spacial score (nSPS) is 11.9. The number of rotatable bonds is 10. The van der Waals surface area contributed by atoms with E-state index >= 15 is 0 Å². The van der Waals surface area contributed by atoms with Crippen molar-refractivity contribution in [2.45, 2.75) is 12.3 Å². The van der Waals surface area contributed by atoms with Crippen molar-refractivity contribution in [1.82, 2.24) is 4.90 Å². The predicted octanol–water partition coefficient (Wildman–Crippen LogP) is 3.06. The number of ether oxygens (including phenoxy) is 3. The molecule has 1 atom stereocenters. The van der Waals surface area contributed by atoms with Gasteiger partial charge in [0.2, 0.25) is 0 Å². The van der Waals surface area contributed by atoms with Gasteiger partial charge in [-0.2, -0.15) is 0 Å². The Bertz CT molecular complexity index is 743. The number of hydrogen-bond acceptors (Lipinski definition) is 5. The van der Waals surface area contributed by atoms with Crippen molar-refractivity contribution in [2.75, 3.05) is 41.5 Å².